The summed E-state index contributed by atoms with van der Waals surface area (Å²) in [4.78, 5) is 24.6. The van der Waals surface area contributed by atoms with Gasteiger partial charge in [0.05, 0.1) is 10.8 Å². The molecule has 2 N–H and O–H groups in total. The van der Waals surface area contributed by atoms with E-state index >= 15 is 0 Å². The monoisotopic (exact) mass is 427 g/mol. The molecule has 6 heteroatoms. The first-order chi connectivity index (χ1) is 11.4. The maximum Gasteiger partial charge on any atom is 0.316 e. The first kappa shape index (κ1) is 22.6. The number of halogens is 1. The Kier molecular flexibility index (Phi) is 7.04. The van der Waals surface area contributed by atoms with Gasteiger partial charge in [0.25, 0.3) is 0 Å². The van der Waals surface area contributed by atoms with Crippen molar-refractivity contribution in [3.8, 4) is 11.5 Å². The molecule has 1 aromatic rings. The molecule has 0 radical (unpaired) electrons. The van der Waals surface area contributed by atoms with E-state index in [1.807, 2.05) is 6.07 Å². The smallest absolute Gasteiger partial charge is 0.316 e. The molecule has 0 amide bonds. The summed E-state index contributed by atoms with van der Waals surface area (Å²) in [6, 6.07) is 3.71. The van der Waals surface area contributed by atoms with Crippen molar-refractivity contribution in [1.29, 1.82) is 0 Å². The lowest BCUT2D eigenvalue weighted by Gasteiger charge is -2.25. The van der Waals surface area contributed by atoms with Crippen LogP contribution >= 0.6 is 17.0 Å². The predicted octanol–water partition coefficient (Wildman–Crippen LogP) is 3.98. The van der Waals surface area contributed by atoms with Gasteiger partial charge in [-0.3, -0.25) is 9.59 Å². The second-order valence-electron chi connectivity index (χ2n) is 8.85. The zero-order valence-electron chi connectivity index (χ0n) is 16.5. The van der Waals surface area contributed by atoms with Gasteiger partial charge >= 0.3 is 11.9 Å². The van der Waals surface area contributed by atoms with Gasteiger partial charge in [0.1, 0.15) is 0 Å². The van der Waals surface area contributed by atoms with Gasteiger partial charge in [-0.2, -0.15) is 0 Å². The average molecular weight is 428 g/mol. The van der Waals surface area contributed by atoms with Gasteiger partial charge in [0, 0.05) is 6.04 Å². The zero-order valence-corrected chi connectivity index (χ0v) is 18.2. The highest BCUT2D eigenvalue weighted by atomic mass is 79.9. The lowest BCUT2D eigenvalue weighted by Crippen LogP contribution is -2.30. The Bertz CT molecular complexity index is 686. The summed E-state index contributed by atoms with van der Waals surface area (Å²) < 4.78 is 11.1. The molecule has 0 heterocycles. The Hall–Kier alpha value is -1.40. The van der Waals surface area contributed by atoms with Crippen LogP contribution in [0.2, 0.25) is 0 Å². The molecular formula is C20H30BrNO4. The van der Waals surface area contributed by atoms with Crippen molar-refractivity contribution in [1.82, 2.24) is 0 Å². The van der Waals surface area contributed by atoms with Crippen LogP contribution in [0.25, 0.3) is 0 Å². The molecule has 2 rings (SSSR count). The molecule has 0 saturated carbocycles. The molecule has 1 aromatic carbocycles. The van der Waals surface area contributed by atoms with Crippen LogP contribution in [-0.2, 0) is 22.4 Å². The molecule has 0 spiro atoms. The number of esters is 2. The number of carbonyl (C=O) groups excluding carboxylic acids is 2. The number of hydrogen-bond acceptors (Lipinski definition) is 5. The Morgan fingerprint density at radius 2 is 1.35 bits per heavy atom. The minimum absolute atomic E-state index is 0. The van der Waals surface area contributed by atoms with Crippen LogP contribution in [-0.4, -0.2) is 18.0 Å². The lowest BCUT2D eigenvalue weighted by molar-refractivity contribution is -0.145. The standard InChI is InChI=1S/C20H29NO4.BrH/c1-19(2,3)17(22)24-15-10-12-7-8-14(21)9-13(12)11-16(15)25-18(23)20(4,5)6;/h10-11,14H,7-9,21H2,1-6H3;1H. The van der Waals surface area contributed by atoms with E-state index in [0.717, 1.165) is 30.4 Å². The summed E-state index contributed by atoms with van der Waals surface area (Å²) in [6.07, 6.45) is 2.44. The number of aryl methyl sites for hydroxylation is 1. The quantitative estimate of drug-likeness (QED) is 0.570. The molecule has 1 unspecified atom stereocenters. The largest absolute Gasteiger partial charge is 0.422 e. The third-order valence-corrected chi connectivity index (χ3v) is 4.16. The number of benzene rings is 1. The molecule has 1 atom stereocenters. The highest BCUT2D eigenvalue weighted by Gasteiger charge is 2.29. The molecule has 146 valence electrons. The summed E-state index contributed by atoms with van der Waals surface area (Å²) in [5, 5.41) is 0. The Balaban J connectivity index is 0.00000338. The van der Waals surface area contributed by atoms with E-state index in [9.17, 15) is 9.59 Å². The van der Waals surface area contributed by atoms with Crippen molar-refractivity contribution in [2.75, 3.05) is 0 Å². The van der Waals surface area contributed by atoms with E-state index in [-0.39, 0.29) is 40.7 Å². The summed E-state index contributed by atoms with van der Waals surface area (Å²) >= 11 is 0. The Morgan fingerprint density at radius 1 is 0.923 bits per heavy atom. The fraction of sp³-hybridized carbons (Fsp3) is 0.600. The van der Waals surface area contributed by atoms with Gasteiger partial charge in [-0.1, -0.05) is 0 Å². The van der Waals surface area contributed by atoms with E-state index in [0.29, 0.717) is 5.75 Å². The Morgan fingerprint density at radius 3 is 1.77 bits per heavy atom. The zero-order chi connectivity index (χ0) is 19.0. The third-order valence-electron chi connectivity index (χ3n) is 4.16. The van der Waals surface area contributed by atoms with Gasteiger partial charge in [-0.05, 0) is 84.1 Å². The normalized spacial score (nSPS) is 17.0. The predicted molar refractivity (Wildman–Crippen MR) is 107 cm³/mol. The van der Waals surface area contributed by atoms with Gasteiger partial charge in [-0.25, -0.2) is 0 Å². The summed E-state index contributed by atoms with van der Waals surface area (Å²) in [5.74, 6) is -0.161. The second kappa shape index (κ2) is 8.09. The van der Waals surface area contributed by atoms with E-state index in [1.54, 1.807) is 47.6 Å². The first-order valence-corrected chi connectivity index (χ1v) is 8.74. The fourth-order valence-corrected chi connectivity index (χ4v) is 2.46. The third kappa shape index (κ3) is 5.55. The molecule has 0 fully saturated rings. The topological polar surface area (TPSA) is 78.6 Å². The summed E-state index contributed by atoms with van der Waals surface area (Å²) in [6.45, 7) is 10.7. The minimum atomic E-state index is -0.655. The van der Waals surface area contributed by atoms with Crippen LogP contribution in [0.5, 0.6) is 11.5 Å². The lowest BCUT2D eigenvalue weighted by atomic mass is 9.88. The maximum absolute atomic E-state index is 12.3. The van der Waals surface area contributed by atoms with Crippen molar-refractivity contribution in [3.05, 3.63) is 23.3 Å². The Labute approximate surface area is 166 Å². The number of carbonyl (C=O) groups is 2. The summed E-state index contributed by atoms with van der Waals surface area (Å²) in [7, 11) is 0. The van der Waals surface area contributed by atoms with Gasteiger partial charge in [-0.15, -0.1) is 17.0 Å². The fourth-order valence-electron chi connectivity index (χ4n) is 2.46. The second-order valence-corrected chi connectivity index (χ2v) is 8.85. The number of fused-ring (bicyclic) bond motifs is 1. The van der Waals surface area contributed by atoms with Crippen molar-refractivity contribution >= 4 is 28.9 Å². The number of rotatable bonds is 2. The molecule has 5 nitrogen and oxygen atoms in total. The molecule has 0 aromatic heterocycles. The molecule has 1 aliphatic carbocycles. The SMILES string of the molecule is Br.CC(C)(C)C(=O)Oc1cc2c(cc1OC(=O)C(C)(C)C)CC(N)CC2. The van der Waals surface area contributed by atoms with Crippen molar-refractivity contribution in [3.63, 3.8) is 0 Å². The van der Waals surface area contributed by atoms with Gasteiger partial charge in [0.2, 0.25) is 0 Å². The van der Waals surface area contributed by atoms with Crippen LogP contribution in [0.3, 0.4) is 0 Å². The molecule has 0 saturated heterocycles. The molecular weight excluding hydrogens is 398 g/mol. The minimum Gasteiger partial charge on any atom is -0.422 e. The van der Waals surface area contributed by atoms with Gasteiger partial charge in [0.15, 0.2) is 11.5 Å². The van der Waals surface area contributed by atoms with Gasteiger partial charge < -0.3 is 15.2 Å². The molecule has 0 aliphatic heterocycles. The number of hydrogen-bond donors (Lipinski definition) is 1. The van der Waals surface area contributed by atoms with Crippen LogP contribution < -0.4 is 15.2 Å². The van der Waals surface area contributed by atoms with Crippen molar-refractivity contribution in [2.24, 2.45) is 16.6 Å². The first-order valence-electron chi connectivity index (χ1n) is 8.74. The molecule has 26 heavy (non-hydrogen) atoms. The molecule has 1 aliphatic rings. The summed E-state index contributed by atoms with van der Waals surface area (Å²) in [5.41, 5.74) is 6.89. The van der Waals surface area contributed by atoms with Crippen LogP contribution in [0.15, 0.2) is 12.1 Å². The van der Waals surface area contributed by atoms with Crippen LogP contribution in [0, 0.1) is 10.8 Å². The average Bonchev–Trinajstić information content (AvgIpc) is 2.45. The van der Waals surface area contributed by atoms with Crippen LogP contribution in [0.4, 0.5) is 0 Å². The number of nitrogens with two attached hydrogens (primary N) is 1. The number of ether oxygens (including phenoxy) is 2. The molecule has 0 bridgehead atoms. The van der Waals surface area contributed by atoms with E-state index in [2.05, 4.69) is 0 Å². The highest BCUT2D eigenvalue weighted by molar-refractivity contribution is 8.93. The highest BCUT2D eigenvalue weighted by Crippen LogP contribution is 2.36. The van der Waals surface area contributed by atoms with Crippen molar-refractivity contribution < 1.29 is 19.1 Å². The van der Waals surface area contributed by atoms with E-state index in [1.165, 1.54) is 0 Å². The maximum atomic E-state index is 12.3. The van der Waals surface area contributed by atoms with Crippen LogP contribution in [0.1, 0.15) is 59.1 Å². The van der Waals surface area contributed by atoms with E-state index in [4.69, 9.17) is 15.2 Å². The van der Waals surface area contributed by atoms with E-state index < -0.39 is 10.8 Å². The van der Waals surface area contributed by atoms with Crippen molar-refractivity contribution in [2.45, 2.75) is 66.8 Å².